The number of benzene rings is 1. The first-order valence-corrected chi connectivity index (χ1v) is 5.17. The molecule has 0 aliphatic heterocycles. The molecular weight excluding hydrogens is 202 g/mol. The van der Waals surface area contributed by atoms with Crippen molar-refractivity contribution in [3.8, 4) is 6.07 Å². The summed E-state index contributed by atoms with van der Waals surface area (Å²) in [7, 11) is 0. The monoisotopic (exact) mass is 213 g/mol. The maximum Gasteiger partial charge on any atom is 0.338 e. The molecule has 16 heavy (non-hydrogen) atoms. The predicted octanol–water partition coefficient (Wildman–Crippen LogP) is 2.33. The van der Waals surface area contributed by atoms with Gasteiger partial charge in [0, 0.05) is 5.56 Å². The van der Waals surface area contributed by atoms with Crippen molar-refractivity contribution >= 4 is 11.5 Å². The molecule has 3 heteroatoms. The zero-order chi connectivity index (χ0) is 11.5. The van der Waals surface area contributed by atoms with Gasteiger partial charge in [-0.2, -0.15) is 5.26 Å². The highest BCUT2D eigenvalue weighted by Crippen LogP contribution is 2.30. The van der Waals surface area contributed by atoms with Gasteiger partial charge in [0.2, 0.25) is 0 Å². The van der Waals surface area contributed by atoms with E-state index in [1.54, 1.807) is 13.0 Å². The zero-order valence-corrected chi connectivity index (χ0v) is 8.99. The van der Waals surface area contributed by atoms with Crippen LogP contribution < -0.4 is 0 Å². The third-order valence-corrected chi connectivity index (χ3v) is 2.56. The largest absolute Gasteiger partial charge is 0.462 e. The van der Waals surface area contributed by atoms with E-state index in [9.17, 15) is 4.79 Å². The van der Waals surface area contributed by atoms with E-state index in [1.165, 1.54) is 0 Å². The highest BCUT2D eigenvalue weighted by atomic mass is 16.5. The first kappa shape index (κ1) is 10.4. The predicted molar refractivity (Wildman–Crippen MR) is 59.7 cm³/mol. The molecule has 80 valence electrons. The van der Waals surface area contributed by atoms with Crippen LogP contribution in [0.25, 0.3) is 5.57 Å². The second-order valence-electron chi connectivity index (χ2n) is 3.49. The van der Waals surface area contributed by atoms with E-state index < -0.39 is 0 Å². The molecule has 1 aromatic rings. The Morgan fingerprint density at radius 3 is 3.06 bits per heavy atom. The number of ether oxygens (including phenoxy) is 1. The van der Waals surface area contributed by atoms with Gasteiger partial charge >= 0.3 is 5.97 Å². The molecule has 0 bridgehead atoms. The Morgan fingerprint density at radius 1 is 1.56 bits per heavy atom. The number of carbonyl (C=O) groups excluding carboxylic acids is 1. The van der Waals surface area contributed by atoms with Gasteiger partial charge in [-0.05, 0) is 25.0 Å². The van der Waals surface area contributed by atoms with E-state index >= 15 is 0 Å². The number of allylic oxidation sites excluding steroid dienone is 2. The number of hydrogen-bond acceptors (Lipinski definition) is 3. The van der Waals surface area contributed by atoms with Crippen molar-refractivity contribution in [1.82, 2.24) is 0 Å². The highest BCUT2D eigenvalue weighted by molar-refractivity contribution is 5.99. The number of rotatable bonds is 2. The number of carbonyl (C=O) groups is 1. The number of hydrogen-bond donors (Lipinski definition) is 0. The van der Waals surface area contributed by atoms with Crippen molar-refractivity contribution in [2.24, 2.45) is 0 Å². The topological polar surface area (TPSA) is 50.1 Å². The molecule has 1 aliphatic rings. The Balaban J connectivity index is 2.49. The van der Waals surface area contributed by atoms with Crippen LogP contribution in [-0.2, 0) is 11.2 Å². The summed E-state index contributed by atoms with van der Waals surface area (Å²) >= 11 is 0. The molecule has 3 nitrogen and oxygen atoms in total. The summed E-state index contributed by atoms with van der Waals surface area (Å²) in [4.78, 5) is 11.7. The molecule has 1 aromatic carbocycles. The van der Waals surface area contributed by atoms with Gasteiger partial charge in [-0.15, -0.1) is 0 Å². The summed E-state index contributed by atoms with van der Waals surface area (Å²) < 4.78 is 4.97. The number of esters is 1. The molecule has 0 saturated heterocycles. The molecule has 0 atom stereocenters. The third kappa shape index (κ3) is 1.59. The Kier molecular flexibility index (Phi) is 2.74. The molecule has 2 rings (SSSR count). The summed E-state index contributed by atoms with van der Waals surface area (Å²) in [5.74, 6) is -0.359. The van der Waals surface area contributed by atoms with Crippen LogP contribution in [0.15, 0.2) is 24.3 Å². The summed E-state index contributed by atoms with van der Waals surface area (Å²) in [6.07, 6.45) is 2.55. The molecule has 1 aliphatic carbocycles. The number of nitriles is 1. The zero-order valence-electron chi connectivity index (χ0n) is 8.99. The first-order valence-electron chi connectivity index (χ1n) is 5.17. The lowest BCUT2D eigenvalue weighted by molar-refractivity contribution is 0.0526. The van der Waals surface area contributed by atoms with Crippen molar-refractivity contribution < 1.29 is 9.53 Å². The van der Waals surface area contributed by atoms with Crippen LogP contribution in [0.4, 0.5) is 0 Å². The number of fused-ring (bicyclic) bond motifs is 1. The SMILES string of the molecule is CCOC(=O)c1cccc2c1C(C#N)=CC2. The van der Waals surface area contributed by atoms with Gasteiger partial charge in [0.25, 0.3) is 0 Å². The molecule has 0 radical (unpaired) electrons. The van der Waals surface area contributed by atoms with Gasteiger partial charge in [-0.1, -0.05) is 18.2 Å². The van der Waals surface area contributed by atoms with Crippen LogP contribution in [0.5, 0.6) is 0 Å². The lowest BCUT2D eigenvalue weighted by Crippen LogP contribution is -2.08. The average molecular weight is 213 g/mol. The van der Waals surface area contributed by atoms with Gasteiger partial charge in [-0.3, -0.25) is 0 Å². The van der Waals surface area contributed by atoms with Crippen LogP contribution in [0.1, 0.15) is 28.4 Å². The fourth-order valence-electron chi connectivity index (χ4n) is 1.88. The molecular formula is C13H11NO2. The van der Waals surface area contributed by atoms with E-state index in [1.807, 2.05) is 18.2 Å². The maximum absolute atomic E-state index is 11.7. The van der Waals surface area contributed by atoms with Crippen molar-refractivity contribution in [1.29, 1.82) is 5.26 Å². The minimum Gasteiger partial charge on any atom is -0.462 e. The molecule has 0 saturated carbocycles. The second-order valence-corrected chi connectivity index (χ2v) is 3.49. The Bertz CT molecular complexity index is 509. The van der Waals surface area contributed by atoms with Crippen LogP contribution in [-0.4, -0.2) is 12.6 Å². The van der Waals surface area contributed by atoms with E-state index in [2.05, 4.69) is 6.07 Å². The van der Waals surface area contributed by atoms with Crippen molar-refractivity contribution in [2.45, 2.75) is 13.3 Å². The molecule has 0 N–H and O–H groups in total. The summed E-state index contributed by atoms with van der Waals surface area (Å²) in [6, 6.07) is 7.56. The van der Waals surface area contributed by atoms with Gasteiger partial charge in [-0.25, -0.2) is 4.79 Å². The van der Waals surface area contributed by atoms with Gasteiger partial charge in [0.15, 0.2) is 0 Å². The Morgan fingerprint density at radius 2 is 2.38 bits per heavy atom. The van der Waals surface area contributed by atoms with Gasteiger partial charge in [0.05, 0.1) is 23.8 Å². The molecule has 0 amide bonds. The smallest absolute Gasteiger partial charge is 0.338 e. The first-order chi connectivity index (χ1) is 7.77. The van der Waals surface area contributed by atoms with Crippen molar-refractivity contribution in [3.05, 3.63) is 41.0 Å². The average Bonchev–Trinajstić information content (AvgIpc) is 2.72. The Hall–Kier alpha value is -2.08. The van der Waals surface area contributed by atoms with Crippen LogP contribution in [0.3, 0.4) is 0 Å². The number of nitrogens with zero attached hydrogens (tertiary/aromatic N) is 1. The van der Waals surface area contributed by atoms with Crippen LogP contribution in [0.2, 0.25) is 0 Å². The standard InChI is InChI=1S/C13H11NO2/c1-2-16-13(15)11-5-3-4-9-6-7-10(8-14)12(9)11/h3-5,7H,2,6H2,1H3. The van der Waals surface area contributed by atoms with E-state index in [0.29, 0.717) is 24.2 Å². The molecule has 0 unspecified atom stereocenters. The summed E-state index contributed by atoms with van der Waals surface area (Å²) in [5, 5.41) is 8.98. The van der Waals surface area contributed by atoms with Gasteiger partial charge < -0.3 is 4.74 Å². The summed E-state index contributed by atoms with van der Waals surface area (Å²) in [6.45, 7) is 2.11. The van der Waals surface area contributed by atoms with Crippen LogP contribution in [0, 0.1) is 11.3 Å². The minimum absolute atomic E-state index is 0.341. The van der Waals surface area contributed by atoms with E-state index in [-0.39, 0.29) is 5.97 Å². The normalized spacial score (nSPS) is 12.6. The molecule has 0 fully saturated rings. The Labute approximate surface area is 94.0 Å². The van der Waals surface area contributed by atoms with Crippen molar-refractivity contribution in [3.63, 3.8) is 0 Å². The lowest BCUT2D eigenvalue weighted by atomic mass is 9.99. The summed E-state index contributed by atoms with van der Waals surface area (Å²) in [5.41, 5.74) is 2.81. The third-order valence-electron chi connectivity index (χ3n) is 2.56. The maximum atomic E-state index is 11.7. The van der Waals surface area contributed by atoms with Gasteiger partial charge in [0.1, 0.15) is 0 Å². The van der Waals surface area contributed by atoms with E-state index in [4.69, 9.17) is 10.00 Å². The van der Waals surface area contributed by atoms with Crippen LogP contribution >= 0.6 is 0 Å². The lowest BCUT2D eigenvalue weighted by Gasteiger charge is -2.07. The quantitative estimate of drug-likeness (QED) is 0.708. The van der Waals surface area contributed by atoms with E-state index in [0.717, 1.165) is 11.1 Å². The fraction of sp³-hybridized carbons (Fsp3) is 0.231. The second kappa shape index (κ2) is 4.19. The minimum atomic E-state index is -0.359. The highest BCUT2D eigenvalue weighted by Gasteiger charge is 2.21. The fourth-order valence-corrected chi connectivity index (χ4v) is 1.88. The molecule has 0 aromatic heterocycles. The van der Waals surface area contributed by atoms with Crippen molar-refractivity contribution in [2.75, 3.05) is 6.61 Å². The molecule has 0 heterocycles. The molecule has 0 spiro atoms.